The number of hydrogen-bond donors (Lipinski definition) is 0. The van der Waals surface area contributed by atoms with Crippen LogP contribution in [0.1, 0.15) is 0 Å². The topological polar surface area (TPSA) is 0 Å². The average molecular weight is 366 g/mol. The minimum Gasteiger partial charge on any atom is -0.418 e. The van der Waals surface area contributed by atoms with Crippen LogP contribution in [0.25, 0.3) is 22.3 Å². The monoisotopic (exact) mass is 366 g/mol. The highest BCUT2D eigenvalue weighted by Crippen LogP contribution is 2.46. The van der Waals surface area contributed by atoms with Crippen LogP contribution < -0.4 is 22.6 Å². The summed E-state index contributed by atoms with van der Waals surface area (Å²) in [5.74, 6) is 0. The second-order valence-corrected chi connectivity index (χ2v) is 4.97. The van der Waals surface area contributed by atoms with Crippen LogP contribution in [-0.4, -0.2) is 7.25 Å². The predicted octanol–water partition coefficient (Wildman–Crippen LogP) is 1.09. The lowest BCUT2D eigenvalue weighted by atomic mass is 9.81. The van der Waals surface area contributed by atoms with Gasteiger partial charge in [0.15, 0.2) is 3.57 Å². The van der Waals surface area contributed by atoms with Crippen molar-refractivity contribution in [2.24, 2.45) is 0 Å². The van der Waals surface area contributed by atoms with Gasteiger partial charge in [0.05, 0.1) is 0 Å². The summed E-state index contributed by atoms with van der Waals surface area (Å²) in [5.41, 5.74) is 5.68. The zero-order chi connectivity index (χ0) is 13.3. The molecule has 0 radical (unpaired) electrons. The molecule has 0 aliphatic heterocycles. The molecule has 2 aromatic rings. The third kappa shape index (κ3) is 2.85. The van der Waals surface area contributed by atoms with Crippen molar-refractivity contribution in [3.05, 3.63) is 46.0 Å². The van der Waals surface area contributed by atoms with E-state index < -0.39 is 7.25 Å². The summed E-state index contributed by atoms with van der Waals surface area (Å²) in [6.07, 6.45) is 0. The quantitative estimate of drug-likeness (QED) is 0.318. The van der Waals surface area contributed by atoms with Crippen LogP contribution in [0.2, 0.25) is 0 Å². The maximum atomic E-state index is 9.75. The Morgan fingerprint density at radius 1 is 0.722 bits per heavy atom. The van der Waals surface area contributed by atoms with Crippen LogP contribution in [0.15, 0.2) is 42.5 Å². The van der Waals surface area contributed by atoms with Gasteiger partial charge in [0.25, 0.3) is 22.6 Å². The van der Waals surface area contributed by atoms with Crippen molar-refractivity contribution < 1.29 is 39.9 Å². The Morgan fingerprint density at radius 3 is 1.83 bits per heavy atom. The molecule has 94 valence electrons. The average Bonchev–Trinajstić information content (AvgIpc) is 2.23. The highest BCUT2D eigenvalue weighted by atomic mass is 127. The fraction of sp³-hybridized carbons (Fsp3) is 0. The summed E-state index contributed by atoms with van der Waals surface area (Å²) >= 11 is 2.10. The van der Waals surface area contributed by atoms with Crippen molar-refractivity contribution in [2.45, 2.75) is 0 Å². The number of halogens is 5. The molecule has 0 N–H and O–H groups in total. The minimum absolute atomic E-state index is 1.40. The normalized spacial score (nSPS) is 11.6. The van der Waals surface area contributed by atoms with E-state index in [1.165, 1.54) is 25.8 Å². The van der Waals surface area contributed by atoms with Gasteiger partial charge in [-0.05, 0) is 22.8 Å². The Hall–Kier alpha value is -1.05. The number of fused-ring (bicyclic) bond motifs is 4. The van der Waals surface area contributed by atoms with E-state index >= 15 is 0 Å². The lowest BCUT2D eigenvalue weighted by molar-refractivity contribution is -0.326. The summed E-state index contributed by atoms with van der Waals surface area (Å²) < 4.78 is 40.4. The van der Waals surface area contributed by atoms with Gasteiger partial charge in [-0.25, -0.2) is 0 Å². The first kappa shape index (κ1) is 13.4. The predicted molar refractivity (Wildman–Crippen MR) is 61.2 cm³/mol. The first-order chi connectivity index (χ1) is 8.38. The van der Waals surface area contributed by atoms with Gasteiger partial charge in [-0.15, -0.1) is 0 Å². The molecule has 2 aromatic carbocycles. The van der Waals surface area contributed by atoms with Crippen LogP contribution in [0, 0.1) is 3.57 Å². The fourth-order valence-corrected chi connectivity index (χ4v) is 2.76. The minimum atomic E-state index is -6.00. The van der Waals surface area contributed by atoms with Crippen molar-refractivity contribution in [3.8, 4) is 22.3 Å². The Labute approximate surface area is 115 Å². The van der Waals surface area contributed by atoms with E-state index in [1.807, 2.05) is 0 Å². The van der Waals surface area contributed by atoms with E-state index in [-0.39, 0.29) is 0 Å². The Morgan fingerprint density at radius 2 is 1.22 bits per heavy atom. The van der Waals surface area contributed by atoms with Gasteiger partial charge in [-0.2, -0.15) is 0 Å². The molecule has 0 amide bonds. The van der Waals surface area contributed by atoms with Crippen molar-refractivity contribution in [3.63, 3.8) is 0 Å². The second kappa shape index (κ2) is 4.91. The van der Waals surface area contributed by atoms with Gasteiger partial charge in [-0.1, -0.05) is 36.4 Å². The Bertz CT molecular complexity index is 575. The van der Waals surface area contributed by atoms with Gasteiger partial charge >= 0.3 is 7.25 Å². The molecule has 0 fully saturated rings. The maximum absolute atomic E-state index is 9.75. The molecule has 0 saturated heterocycles. The molecule has 0 atom stereocenters. The number of hydrogen-bond acceptors (Lipinski definition) is 0. The third-order valence-corrected chi connectivity index (χ3v) is 3.48. The molecule has 0 bridgehead atoms. The largest absolute Gasteiger partial charge is 0.673 e. The highest BCUT2D eigenvalue weighted by Gasteiger charge is 2.26. The zero-order valence-electron chi connectivity index (χ0n) is 9.04. The Kier molecular flexibility index (Phi) is 3.65. The van der Waals surface area contributed by atoms with E-state index in [9.17, 15) is 17.3 Å². The van der Waals surface area contributed by atoms with Crippen molar-refractivity contribution in [2.75, 3.05) is 0 Å². The van der Waals surface area contributed by atoms with Crippen LogP contribution in [0.4, 0.5) is 17.3 Å². The zero-order valence-corrected chi connectivity index (χ0v) is 11.4. The van der Waals surface area contributed by atoms with Gasteiger partial charge in [-0.3, -0.25) is 0 Å². The van der Waals surface area contributed by atoms with E-state index in [2.05, 4.69) is 65.1 Å². The first-order valence-corrected chi connectivity index (χ1v) is 6.31. The summed E-state index contributed by atoms with van der Waals surface area (Å²) in [5, 5.41) is 0. The van der Waals surface area contributed by atoms with Gasteiger partial charge in [0.2, 0.25) is 0 Å². The fourth-order valence-electron chi connectivity index (χ4n) is 1.91. The molecule has 0 nitrogen and oxygen atoms in total. The van der Waals surface area contributed by atoms with Crippen molar-refractivity contribution in [1.82, 2.24) is 0 Å². The van der Waals surface area contributed by atoms with Crippen molar-refractivity contribution in [1.29, 1.82) is 0 Å². The molecule has 0 heterocycles. The van der Waals surface area contributed by atoms with Gasteiger partial charge in [0.1, 0.15) is 0 Å². The molecule has 1 aliphatic carbocycles. The molecule has 18 heavy (non-hydrogen) atoms. The molecule has 3 rings (SSSR count). The molecule has 0 saturated carbocycles. The van der Waals surface area contributed by atoms with E-state index in [0.29, 0.717) is 0 Å². The van der Waals surface area contributed by atoms with Crippen LogP contribution in [0.5, 0.6) is 0 Å². The standard InChI is InChI=1S/C12H8I.BF4/c13-11-7-3-6-10-8-4-1-2-5-9(8)12(10)11;2-1(3,4)5/h1-7,13H;/q+1;-1. The molecular weight excluding hydrogens is 358 g/mol. The van der Waals surface area contributed by atoms with E-state index in [4.69, 9.17) is 0 Å². The molecular formula is C12H8BF4I. The summed E-state index contributed by atoms with van der Waals surface area (Å²) in [6, 6.07) is 15.1. The summed E-state index contributed by atoms with van der Waals surface area (Å²) in [4.78, 5) is 0. The van der Waals surface area contributed by atoms with E-state index in [1.54, 1.807) is 0 Å². The van der Waals surface area contributed by atoms with Crippen molar-refractivity contribution >= 4 is 7.25 Å². The summed E-state index contributed by atoms with van der Waals surface area (Å²) in [7, 11) is -6.00. The van der Waals surface area contributed by atoms with Crippen LogP contribution >= 0.6 is 0 Å². The molecule has 6 heteroatoms. The Balaban J connectivity index is 0.000000209. The maximum Gasteiger partial charge on any atom is 0.673 e. The van der Waals surface area contributed by atoms with Gasteiger partial charge < -0.3 is 17.3 Å². The van der Waals surface area contributed by atoms with Gasteiger partial charge in [0, 0.05) is 5.56 Å². The van der Waals surface area contributed by atoms with E-state index in [0.717, 1.165) is 0 Å². The highest BCUT2D eigenvalue weighted by molar-refractivity contribution is 6.50. The summed E-state index contributed by atoms with van der Waals surface area (Å²) in [6.45, 7) is 0. The molecule has 0 unspecified atom stereocenters. The van der Waals surface area contributed by atoms with Crippen LogP contribution in [0.3, 0.4) is 0 Å². The van der Waals surface area contributed by atoms with Crippen LogP contribution in [-0.2, 0) is 0 Å². The number of rotatable bonds is 0. The lowest BCUT2D eigenvalue weighted by Crippen LogP contribution is -3.34. The lowest BCUT2D eigenvalue weighted by Gasteiger charge is -2.22. The first-order valence-electron chi connectivity index (χ1n) is 5.15. The molecule has 1 aliphatic rings. The molecule has 0 aromatic heterocycles. The number of benzene rings is 2. The smallest absolute Gasteiger partial charge is 0.418 e. The SMILES string of the molecule is F[B-](F)(F)F.[IH+]c1cccc2c1-c1ccccc1-2. The second-order valence-electron chi connectivity index (χ2n) is 3.72. The molecule has 0 spiro atoms. The third-order valence-electron chi connectivity index (χ3n) is 2.51.